The molecule has 1 aromatic heterocycles. The van der Waals surface area contributed by atoms with Crippen molar-refractivity contribution in [2.45, 2.75) is 163 Å². The Morgan fingerprint density at radius 3 is 2.08 bits per heavy atom. The Morgan fingerprint density at radius 1 is 0.789 bits per heavy atom. The van der Waals surface area contributed by atoms with Crippen LogP contribution < -0.4 is 27.0 Å². The number of carboxylic acids is 1. The normalized spacial score (nSPS) is 14.9. The Morgan fingerprint density at radius 2 is 1.44 bits per heavy atom. The number of esters is 1. The molecule has 0 saturated heterocycles. The second kappa shape index (κ2) is 31.2. The third-order valence-corrected chi connectivity index (χ3v) is 17.1. The van der Waals surface area contributed by atoms with E-state index in [1.165, 1.54) is 11.8 Å². The van der Waals surface area contributed by atoms with Crippen LogP contribution in [0.1, 0.15) is 141 Å². The maximum atomic E-state index is 14.3. The maximum absolute atomic E-state index is 14.3. The van der Waals surface area contributed by atoms with E-state index >= 15 is 0 Å². The van der Waals surface area contributed by atoms with Gasteiger partial charge >= 0.3 is 18.0 Å². The molecule has 2 unspecified atom stereocenters. The Labute approximate surface area is 528 Å². The smallest absolute Gasteiger partial charge is 0.331 e. The van der Waals surface area contributed by atoms with Gasteiger partial charge in [0.2, 0.25) is 17.7 Å². The van der Waals surface area contributed by atoms with Crippen LogP contribution in [0.4, 0.5) is 4.79 Å². The maximum Gasteiger partial charge on any atom is 0.331 e. The lowest BCUT2D eigenvalue weighted by Gasteiger charge is -2.40. The van der Waals surface area contributed by atoms with Crippen molar-refractivity contribution >= 4 is 53.0 Å². The molecule has 0 saturated carbocycles. The number of urea groups is 1. The van der Waals surface area contributed by atoms with Crippen molar-refractivity contribution in [3.63, 3.8) is 0 Å². The van der Waals surface area contributed by atoms with Crippen LogP contribution in [0.15, 0.2) is 109 Å². The summed E-state index contributed by atoms with van der Waals surface area (Å²) in [5, 5.41) is 30.0. The number of nitrogens with zero attached hydrogens (tertiary/aromatic N) is 4. The number of hydrogen-bond donors (Lipinski definition) is 6. The van der Waals surface area contributed by atoms with Crippen molar-refractivity contribution < 1.29 is 53.0 Å². The zero-order valence-electron chi connectivity index (χ0n) is 54.4. The van der Waals surface area contributed by atoms with Gasteiger partial charge in [0.1, 0.15) is 29.9 Å². The van der Waals surface area contributed by atoms with E-state index in [0.717, 1.165) is 39.2 Å². The van der Waals surface area contributed by atoms with Gasteiger partial charge in [-0.1, -0.05) is 171 Å². The highest BCUT2D eigenvalue weighted by atomic mass is 16.5. The van der Waals surface area contributed by atoms with Crippen molar-refractivity contribution in [3.8, 4) is 22.5 Å². The van der Waals surface area contributed by atoms with E-state index in [1.807, 2.05) is 130 Å². The topological polar surface area (TPSA) is 291 Å². The summed E-state index contributed by atoms with van der Waals surface area (Å²) in [5.41, 5.74) is 11.6. The molecule has 0 bridgehead atoms. The monoisotopic (exact) mass is 1230 g/mol. The molecular weight excluding hydrogens is 1140 g/mol. The summed E-state index contributed by atoms with van der Waals surface area (Å²) >= 11 is 0. The molecular formula is C70H91N9O11. The number of aromatic nitrogens is 3. The number of amides is 5. The molecule has 1 aliphatic carbocycles. The number of carboxylic acid groups (broad SMARTS) is 1. The molecule has 482 valence electrons. The zero-order chi connectivity index (χ0) is 66.4. The Balaban J connectivity index is 1.05. The summed E-state index contributed by atoms with van der Waals surface area (Å²) < 4.78 is 7.42. The number of nitrogens with one attached hydrogen (secondary N) is 4. The van der Waals surface area contributed by atoms with Gasteiger partial charge in [0.15, 0.2) is 5.78 Å². The summed E-state index contributed by atoms with van der Waals surface area (Å²) in [6, 6.07) is 25.8. The number of benzene rings is 4. The first-order valence-corrected chi connectivity index (χ1v) is 30.9. The van der Waals surface area contributed by atoms with Gasteiger partial charge in [-0.3, -0.25) is 33.6 Å². The predicted molar refractivity (Wildman–Crippen MR) is 344 cm³/mol. The Bertz CT molecular complexity index is 3450. The number of hydrogen-bond acceptors (Lipinski definition) is 13. The molecule has 1 heterocycles. The van der Waals surface area contributed by atoms with Crippen LogP contribution >= 0.6 is 0 Å². The van der Waals surface area contributed by atoms with Gasteiger partial charge in [-0.15, -0.1) is 5.10 Å². The molecule has 6 atom stereocenters. The number of likely N-dealkylation sites (N-methyl/N-ethyl adjacent to an activating group) is 2. The van der Waals surface area contributed by atoms with E-state index in [1.54, 1.807) is 61.3 Å². The van der Waals surface area contributed by atoms with Crippen LogP contribution in [0.2, 0.25) is 0 Å². The average molecular weight is 1230 g/mol. The van der Waals surface area contributed by atoms with Crippen LogP contribution in [0.5, 0.6) is 0 Å². The van der Waals surface area contributed by atoms with Crippen LogP contribution in [0.3, 0.4) is 0 Å². The quantitative estimate of drug-likeness (QED) is 0.0143. The van der Waals surface area contributed by atoms with E-state index in [2.05, 4.69) is 31.6 Å². The number of ketones is 3. The first-order chi connectivity index (χ1) is 42.4. The summed E-state index contributed by atoms with van der Waals surface area (Å²) in [4.78, 5) is 123. The molecule has 0 fully saturated rings. The SMILES string of the molecule is CN[C@H](C(=O)N[C@H](C(=O)N(C)[C@H](/C=C(\C)C(=O)O)C(C)C)C(C)(C)C)C(C)(C)c1cccc(CC(=O)OCc2ccc(CC(=O)[C@H](CCCNC(N)=O)NC(=O)C(CC(=O)CCC(=O)C3Cc4ccccc4-c4nnn(C)c4-c4ccccc43)C(C)C)cc2)c1. The molecule has 20 nitrogen and oxygen atoms in total. The fraction of sp³-hybridized carbons (Fsp3) is 0.471. The minimum absolute atomic E-state index is 0.0288. The molecule has 0 aliphatic heterocycles. The third-order valence-electron chi connectivity index (χ3n) is 17.1. The van der Waals surface area contributed by atoms with Crippen LogP contribution in [0.25, 0.3) is 22.5 Å². The van der Waals surface area contributed by atoms with Crippen molar-refractivity contribution in [1.29, 1.82) is 0 Å². The van der Waals surface area contributed by atoms with Gasteiger partial charge in [0.25, 0.3) is 0 Å². The van der Waals surface area contributed by atoms with E-state index in [4.69, 9.17) is 10.5 Å². The molecule has 0 radical (unpaired) electrons. The van der Waals surface area contributed by atoms with Gasteiger partial charge in [-0.25, -0.2) is 14.3 Å². The Hall–Kier alpha value is -8.65. The Kier molecular flexibility index (Phi) is 24.4. The number of nitrogens with two attached hydrogens (primary N) is 1. The molecule has 5 amide bonds. The standard InChI is InChI=1S/C70H91N9O11/c1-41(2)53(39-49(80)31-32-57(81)54-38-47-21-14-15-23-50(47)60-61(79(13)77-76-60)52-25-17-16-24-51(52)54)64(84)74-55(26-19-33-73-68(71)89)58(82)36-44-27-29-45(30-28-44)40-90-59(83)37-46-20-18-22-48(35-46)70(9,10)62(72-11)65(85)75-63(69(6,7)8)66(86)78(12)56(42(3)4)34-43(5)67(87)88/h14-18,20-25,27-30,34-35,41-42,53-56,62-63,72H,19,26,31-33,36-40H2,1-13H3,(H,74,84)(H,75,85)(H,87,88)(H3,71,73,89)/b43-34+/t53?,54?,55-,56+,62+,63+/m0/s1. The summed E-state index contributed by atoms with van der Waals surface area (Å²) in [6.07, 6.45) is 2.10. The van der Waals surface area contributed by atoms with Gasteiger partial charge in [0.05, 0.1) is 30.2 Å². The lowest BCUT2D eigenvalue weighted by atomic mass is 9.76. The summed E-state index contributed by atoms with van der Waals surface area (Å²) in [7, 11) is 5.10. The molecule has 20 heteroatoms. The first kappa shape index (κ1) is 70.4. The molecule has 7 N–H and O–H groups in total. The second-order valence-electron chi connectivity index (χ2n) is 26.1. The fourth-order valence-corrected chi connectivity index (χ4v) is 11.8. The first-order valence-electron chi connectivity index (χ1n) is 30.9. The molecule has 1 aliphatic rings. The lowest BCUT2D eigenvalue weighted by molar-refractivity contribution is -0.144. The number of ether oxygens (including phenoxy) is 1. The molecule has 0 spiro atoms. The van der Waals surface area contributed by atoms with Gasteiger partial charge < -0.3 is 41.7 Å². The van der Waals surface area contributed by atoms with Crippen molar-refractivity contribution in [2.24, 2.45) is 36.0 Å². The van der Waals surface area contributed by atoms with Crippen molar-refractivity contribution in [1.82, 2.24) is 41.2 Å². The fourth-order valence-electron chi connectivity index (χ4n) is 11.8. The number of fused-ring (bicyclic) bond motifs is 5. The van der Waals surface area contributed by atoms with Crippen LogP contribution in [0, 0.1) is 23.2 Å². The highest BCUT2D eigenvalue weighted by Gasteiger charge is 2.42. The molecule has 90 heavy (non-hydrogen) atoms. The number of carbonyl (C=O) groups excluding carboxylic acids is 8. The second-order valence-corrected chi connectivity index (χ2v) is 26.1. The van der Waals surface area contributed by atoms with Gasteiger partial charge in [-0.05, 0) is 83.9 Å². The minimum atomic E-state index is -1.08. The summed E-state index contributed by atoms with van der Waals surface area (Å²) in [5.74, 6) is -5.25. The highest BCUT2D eigenvalue weighted by Crippen LogP contribution is 2.42. The van der Waals surface area contributed by atoms with E-state index < -0.39 is 76.6 Å². The van der Waals surface area contributed by atoms with E-state index in [9.17, 15) is 48.3 Å². The van der Waals surface area contributed by atoms with Crippen molar-refractivity contribution in [2.75, 3.05) is 20.6 Å². The van der Waals surface area contributed by atoms with Crippen molar-refractivity contribution in [3.05, 3.63) is 142 Å². The molecule has 5 aromatic rings. The number of primary amides is 1. The number of carbonyl (C=O) groups is 9. The predicted octanol–water partition coefficient (Wildman–Crippen LogP) is 8.31. The number of aryl methyl sites for hydroxylation is 1. The number of Topliss-reactive ketones (excluding diaryl/α,β-unsaturated/α-hetero) is 3. The number of rotatable bonds is 30. The third kappa shape index (κ3) is 18.3. The van der Waals surface area contributed by atoms with E-state index in [-0.39, 0.29) is 92.3 Å². The van der Waals surface area contributed by atoms with Gasteiger partial charge in [0, 0.05) is 80.3 Å². The molecule has 4 aromatic carbocycles. The zero-order valence-corrected chi connectivity index (χ0v) is 54.4. The van der Waals surface area contributed by atoms with Crippen LogP contribution in [-0.2, 0) is 81.4 Å². The minimum Gasteiger partial charge on any atom is -0.478 e. The molecule has 6 rings (SSSR count). The summed E-state index contributed by atoms with van der Waals surface area (Å²) in [6.45, 7) is 18.4. The highest BCUT2D eigenvalue weighted by molar-refractivity contribution is 5.96. The lowest BCUT2D eigenvalue weighted by Crippen LogP contribution is -2.61. The van der Waals surface area contributed by atoms with E-state index in [0.29, 0.717) is 29.5 Å². The largest absolute Gasteiger partial charge is 0.478 e. The van der Waals surface area contributed by atoms with Gasteiger partial charge in [-0.2, -0.15) is 0 Å². The van der Waals surface area contributed by atoms with Crippen LogP contribution in [-0.4, -0.2) is 123 Å². The number of aliphatic carboxylic acids is 1. The average Bonchev–Trinajstić information content (AvgIpc) is 1.58.